The number of nitrogens with zero attached hydrogens (tertiary/aromatic N) is 1. The van der Waals surface area contributed by atoms with E-state index in [1.54, 1.807) is 0 Å². The Bertz CT molecular complexity index is 339. The fourth-order valence-corrected chi connectivity index (χ4v) is 1.78. The number of rotatable bonds is 7. The Morgan fingerprint density at radius 3 is 2.65 bits per heavy atom. The van der Waals surface area contributed by atoms with Crippen LogP contribution in [0.1, 0.15) is 25.0 Å². The molecule has 96 valence electrons. The van der Waals surface area contributed by atoms with Crippen LogP contribution in [0.4, 0.5) is 5.69 Å². The molecule has 1 rings (SSSR count). The molecule has 0 unspecified atom stereocenters. The first kappa shape index (κ1) is 14.0. The quantitative estimate of drug-likeness (QED) is 0.584. The monoisotopic (exact) mass is 236 g/mol. The molecule has 0 aliphatic heterocycles. The summed E-state index contributed by atoms with van der Waals surface area (Å²) >= 11 is 0. The molecule has 0 aromatic heterocycles. The fourth-order valence-electron chi connectivity index (χ4n) is 1.78. The molecule has 0 amide bonds. The van der Waals surface area contributed by atoms with Crippen molar-refractivity contribution < 1.29 is 4.74 Å². The van der Waals surface area contributed by atoms with Crippen molar-refractivity contribution in [2.24, 2.45) is 0 Å². The summed E-state index contributed by atoms with van der Waals surface area (Å²) < 4.78 is 5.38. The van der Waals surface area contributed by atoms with Crippen molar-refractivity contribution in [2.75, 3.05) is 32.0 Å². The van der Waals surface area contributed by atoms with Crippen molar-refractivity contribution in [3.8, 4) is 0 Å². The molecule has 0 spiro atoms. The maximum absolute atomic E-state index is 5.82. The number of anilines is 1. The summed E-state index contributed by atoms with van der Waals surface area (Å²) in [5.74, 6) is 0. The van der Waals surface area contributed by atoms with E-state index < -0.39 is 0 Å². The Labute approximate surface area is 105 Å². The van der Waals surface area contributed by atoms with Crippen LogP contribution in [0.2, 0.25) is 0 Å². The number of nitrogens with two attached hydrogens (primary N) is 1. The average molecular weight is 236 g/mol. The van der Waals surface area contributed by atoms with Crippen LogP contribution in [-0.4, -0.2) is 31.2 Å². The van der Waals surface area contributed by atoms with Gasteiger partial charge in [-0.15, -0.1) is 0 Å². The minimum atomic E-state index is 0.790. The van der Waals surface area contributed by atoms with Crippen molar-refractivity contribution in [1.29, 1.82) is 0 Å². The molecule has 3 nitrogen and oxygen atoms in total. The second-order valence-corrected chi connectivity index (χ2v) is 4.26. The van der Waals surface area contributed by atoms with Crippen molar-refractivity contribution >= 4 is 5.69 Å². The molecule has 0 aliphatic carbocycles. The molecule has 0 heterocycles. The Morgan fingerprint density at radius 1 is 1.29 bits per heavy atom. The lowest BCUT2D eigenvalue weighted by Gasteiger charge is -2.20. The third-order valence-corrected chi connectivity index (χ3v) is 2.94. The summed E-state index contributed by atoms with van der Waals surface area (Å²) in [7, 11) is 0. The number of nitrogen functional groups attached to an aromatic ring is 1. The van der Waals surface area contributed by atoms with Gasteiger partial charge in [0.1, 0.15) is 0 Å². The number of hydrogen-bond acceptors (Lipinski definition) is 3. The molecule has 2 N–H and O–H groups in total. The van der Waals surface area contributed by atoms with Crippen LogP contribution in [0.5, 0.6) is 0 Å². The van der Waals surface area contributed by atoms with E-state index in [1.807, 2.05) is 13.0 Å². The molecule has 0 radical (unpaired) electrons. The average Bonchev–Trinajstić information content (AvgIpc) is 2.32. The topological polar surface area (TPSA) is 38.5 Å². The molecule has 0 saturated carbocycles. The molecule has 3 heteroatoms. The van der Waals surface area contributed by atoms with Gasteiger partial charge in [0.15, 0.2) is 0 Å². The second-order valence-electron chi connectivity index (χ2n) is 4.26. The highest BCUT2D eigenvalue weighted by Crippen LogP contribution is 2.14. The van der Waals surface area contributed by atoms with Crippen molar-refractivity contribution in [2.45, 2.75) is 27.3 Å². The summed E-state index contributed by atoms with van der Waals surface area (Å²) in [6.45, 7) is 10.8. The van der Waals surface area contributed by atoms with Crippen LogP contribution in [0.3, 0.4) is 0 Å². The lowest BCUT2D eigenvalue weighted by molar-refractivity contribution is 0.113. The summed E-state index contributed by atoms with van der Waals surface area (Å²) in [5.41, 5.74) is 9.15. The van der Waals surface area contributed by atoms with E-state index in [0.29, 0.717) is 0 Å². The SMILES string of the molecule is CCOCCN(CC)Cc1ccc(N)c(C)c1. The van der Waals surface area contributed by atoms with E-state index in [2.05, 4.69) is 30.9 Å². The van der Waals surface area contributed by atoms with Crippen molar-refractivity contribution in [1.82, 2.24) is 4.90 Å². The number of likely N-dealkylation sites (N-methyl/N-ethyl adjacent to an activating group) is 1. The van der Waals surface area contributed by atoms with E-state index in [4.69, 9.17) is 10.5 Å². The summed E-state index contributed by atoms with van der Waals surface area (Å²) in [4.78, 5) is 2.38. The third kappa shape index (κ3) is 4.75. The van der Waals surface area contributed by atoms with Crippen molar-refractivity contribution in [3.05, 3.63) is 29.3 Å². The minimum absolute atomic E-state index is 0.790. The van der Waals surface area contributed by atoms with Gasteiger partial charge in [0.05, 0.1) is 6.61 Å². The van der Waals surface area contributed by atoms with Gasteiger partial charge in [-0.25, -0.2) is 0 Å². The van der Waals surface area contributed by atoms with E-state index >= 15 is 0 Å². The molecular formula is C14H24N2O. The molecule has 0 aliphatic rings. The van der Waals surface area contributed by atoms with Gasteiger partial charge >= 0.3 is 0 Å². The molecule has 1 aromatic carbocycles. The lowest BCUT2D eigenvalue weighted by atomic mass is 10.1. The van der Waals surface area contributed by atoms with Crippen molar-refractivity contribution in [3.63, 3.8) is 0 Å². The van der Waals surface area contributed by atoms with Gasteiger partial charge in [-0.05, 0) is 37.6 Å². The Morgan fingerprint density at radius 2 is 2.06 bits per heavy atom. The van der Waals surface area contributed by atoms with E-state index in [9.17, 15) is 0 Å². The maximum Gasteiger partial charge on any atom is 0.0593 e. The molecular weight excluding hydrogens is 212 g/mol. The van der Waals surface area contributed by atoms with Crippen LogP contribution in [-0.2, 0) is 11.3 Å². The van der Waals surface area contributed by atoms with E-state index in [-0.39, 0.29) is 0 Å². The van der Waals surface area contributed by atoms with E-state index in [1.165, 1.54) is 5.56 Å². The Balaban J connectivity index is 2.51. The molecule has 0 saturated heterocycles. The standard InChI is InChI=1S/C14H24N2O/c1-4-16(8-9-17-5-2)11-13-6-7-14(15)12(3)10-13/h6-7,10H,4-5,8-9,11,15H2,1-3H3. The number of benzene rings is 1. The maximum atomic E-state index is 5.82. The van der Waals surface area contributed by atoms with Crippen LogP contribution >= 0.6 is 0 Å². The van der Waals surface area contributed by atoms with Crippen LogP contribution in [0.25, 0.3) is 0 Å². The summed E-state index contributed by atoms with van der Waals surface area (Å²) in [5, 5.41) is 0. The normalized spacial score (nSPS) is 11.1. The first-order valence-corrected chi connectivity index (χ1v) is 6.32. The molecule has 17 heavy (non-hydrogen) atoms. The fraction of sp³-hybridized carbons (Fsp3) is 0.571. The predicted molar refractivity (Wildman–Crippen MR) is 73.0 cm³/mol. The third-order valence-electron chi connectivity index (χ3n) is 2.94. The highest BCUT2D eigenvalue weighted by atomic mass is 16.5. The van der Waals surface area contributed by atoms with Gasteiger partial charge in [-0.1, -0.05) is 19.1 Å². The van der Waals surface area contributed by atoms with Crippen LogP contribution in [0.15, 0.2) is 18.2 Å². The van der Waals surface area contributed by atoms with Gasteiger partial charge in [0.25, 0.3) is 0 Å². The van der Waals surface area contributed by atoms with Gasteiger partial charge in [-0.3, -0.25) is 4.90 Å². The number of aryl methyl sites for hydroxylation is 1. The van der Waals surface area contributed by atoms with Crippen LogP contribution < -0.4 is 5.73 Å². The summed E-state index contributed by atoms with van der Waals surface area (Å²) in [6.07, 6.45) is 0. The Kier molecular flexibility index (Phi) is 6.01. The smallest absolute Gasteiger partial charge is 0.0593 e. The Hall–Kier alpha value is -1.06. The lowest BCUT2D eigenvalue weighted by Crippen LogP contribution is -2.27. The number of ether oxygens (including phenoxy) is 1. The molecule has 0 fully saturated rings. The second kappa shape index (κ2) is 7.30. The summed E-state index contributed by atoms with van der Waals surface area (Å²) in [6, 6.07) is 6.26. The van der Waals surface area contributed by atoms with E-state index in [0.717, 1.165) is 44.1 Å². The largest absolute Gasteiger partial charge is 0.399 e. The first-order chi connectivity index (χ1) is 8.17. The zero-order chi connectivity index (χ0) is 12.7. The van der Waals surface area contributed by atoms with Gasteiger partial charge in [0, 0.05) is 25.4 Å². The van der Waals surface area contributed by atoms with Crippen LogP contribution in [0, 0.1) is 6.92 Å². The van der Waals surface area contributed by atoms with Gasteiger partial charge in [-0.2, -0.15) is 0 Å². The highest BCUT2D eigenvalue weighted by molar-refractivity contribution is 5.47. The van der Waals surface area contributed by atoms with Gasteiger partial charge < -0.3 is 10.5 Å². The molecule has 0 bridgehead atoms. The zero-order valence-corrected chi connectivity index (χ0v) is 11.2. The highest BCUT2D eigenvalue weighted by Gasteiger charge is 2.04. The minimum Gasteiger partial charge on any atom is -0.399 e. The number of hydrogen-bond donors (Lipinski definition) is 1. The molecule has 1 aromatic rings. The zero-order valence-electron chi connectivity index (χ0n) is 11.2. The molecule has 0 atom stereocenters. The first-order valence-electron chi connectivity index (χ1n) is 6.32. The predicted octanol–water partition coefficient (Wildman–Crippen LogP) is 2.44. The van der Waals surface area contributed by atoms with Gasteiger partial charge in [0.2, 0.25) is 0 Å².